The highest BCUT2D eigenvalue weighted by Gasteiger charge is 2.19. The number of anilines is 1. The molecule has 0 aromatic heterocycles. The summed E-state index contributed by atoms with van der Waals surface area (Å²) in [7, 11) is 0. The maximum atomic E-state index is 12.6. The summed E-state index contributed by atoms with van der Waals surface area (Å²) in [6.07, 6.45) is -0.674. The summed E-state index contributed by atoms with van der Waals surface area (Å²) >= 11 is 0. The van der Waals surface area contributed by atoms with Crippen molar-refractivity contribution in [2.45, 2.75) is 53.1 Å². The van der Waals surface area contributed by atoms with Crippen LogP contribution in [0.5, 0.6) is 5.75 Å². The van der Waals surface area contributed by atoms with E-state index in [4.69, 9.17) is 4.74 Å². The molecule has 1 N–H and O–H groups in total. The van der Waals surface area contributed by atoms with Crippen LogP contribution in [0.1, 0.15) is 57.5 Å². The molecule has 0 bridgehead atoms. The summed E-state index contributed by atoms with van der Waals surface area (Å²) in [4.78, 5) is 26.9. The lowest BCUT2D eigenvalue weighted by atomic mass is 9.87. The van der Waals surface area contributed by atoms with E-state index in [0.717, 1.165) is 5.56 Å². The highest BCUT2D eigenvalue weighted by molar-refractivity contribution is 5.98. The molecule has 2 aromatic rings. The molecule has 5 heteroatoms. The van der Waals surface area contributed by atoms with Gasteiger partial charge in [-0.1, -0.05) is 39.0 Å². The Morgan fingerprint density at radius 1 is 1.03 bits per heavy atom. The number of hydrogen-bond acceptors (Lipinski definition) is 3. The van der Waals surface area contributed by atoms with Crippen molar-refractivity contribution in [1.29, 1.82) is 0 Å². The molecule has 0 aliphatic carbocycles. The largest absolute Gasteiger partial charge is 0.481 e. The van der Waals surface area contributed by atoms with Crippen LogP contribution < -0.4 is 10.1 Å². The van der Waals surface area contributed by atoms with E-state index in [1.54, 1.807) is 36.1 Å². The number of nitrogens with one attached hydrogen (secondary N) is 1. The van der Waals surface area contributed by atoms with E-state index in [-0.39, 0.29) is 17.2 Å². The van der Waals surface area contributed by atoms with Crippen molar-refractivity contribution in [1.82, 2.24) is 4.90 Å². The lowest BCUT2D eigenvalue weighted by Crippen LogP contribution is -2.31. The summed E-state index contributed by atoms with van der Waals surface area (Å²) in [6, 6.07) is 14.8. The third-order valence-electron chi connectivity index (χ3n) is 4.81. The van der Waals surface area contributed by atoms with Gasteiger partial charge in [0.2, 0.25) is 0 Å². The van der Waals surface area contributed by atoms with Crippen LogP contribution in [0.25, 0.3) is 0 Å². The zero-order chi connectivity index (χ0) is 21.6. The quantitative estimate of drug-likeness (QED) is 0.726. The Labute approximate surface area is 174 Å². The second-order valence-electron chi connectivity index (χ2n) is 8.09. The van der Waals surface area contributed by atoms with Gasteiger partial charge in [0.1, 0.15) is 5.75 Å². The molecule has 0 spiro atoms. The summed E-state index contributed by atoms with van der Waals surface area (Å²) in [6.45, 7) is 13.3. The molecule has 1 atom stereocenters. The predicted molar refractivity (Wildman–Crippen MR) is 118 cm³/mol. The predicted octanol–water partition coefficient (Wildman–Crippen LogP) is 4.87. The number of carbonyl (C=O) groups excluding carboxylic acids is 2. The van der Waals surface area contributed by atoms with Crippen molar-refractivity contribution in [2.75, 3.05) is 18.4 Å². The molecule has 0 saturated heterocycles. The van der Waals surface area contributed by atoms with Crippen molar-refractivity contribution < 1.29 is 14.3 Å². The zero-order valence-electron chi connectivity index (χ0n) is 18.3. The van der Waals surface area contributed by atoms with Crippen molar-refractivity contribution >= 4 is 17.5 Å². The highest BCUT2D eigenvalue weighted by atomic mass is 16.5. The van der Waals surface area contributed by atoms with Crippen LogP contribution in [-0.2, 0) is 10.2 Å². The summed E-state index contributed by atoms with van der Waals surface area (Å²) in [5.41, 5.74) is 2.28. The maximum absolute atomic E-state index is 12.6. The van der Waals surface area contributed by atoms with Gasteiger partial charge in [0.15, 0.2) is 6.10 Å². The molecule has 1 unspecified atom stereocenters. The first kappa shape index (κ1) is 22.5. The lowest BCUT2D eigenvalue weighted by Gasteiger charge is -2.21. The minimum Gasteiger partial charge on any atom is -0.481 e. The van der Waals surface area contributed by atoms with Gasteiger partial charge in [-0.15, -0.1) is 0 Å². The Hall–Kier alpha value is -2.82. The smallest absolute Gasteiger partial charge is 0.265 e. The van der Waals surface area contributed by atoms with E-state index in [2.05, 4.69) is 32.2 Å². The normalized spacial score (nSPS) is 12.2. The fourth-order valence-electron chi connectivity index (χ4n) is 2.96. The molecule has 2 aromatic carbocycles. The third-order valence-corrected chi connectivity index (χ3v) is 4.81. The van der Waals surface area contributed by atoms with Crippen molar-refractivity contribution in [3.8, 4) is 5.75 Å². The molecule has 0 heterocycles. The molecule has 0 fully saturated rings. The van der Waals surface area contributed by atoms with Gasteiger partial charge in [-0.3, -0.25) is 9.59 Å². The van der Waals surface area contributed by atoms with Gasteiger partial charge in [-0.05, 0) is 62.1 Å². The minimum absolute atomic E-state index is 0.00268. The Morgan fingerprint density at radius 2 is 1.69 bits per heavy atom. The third kappa shape index (κ3) is 6.08. The van der Waals surface area contributed by atoms with E-state index in [9.17, 15) is 9.59 Å². The second-order valence-corrected chi connectivity index (χ2v) is 8.09. The van der Waals surface area contributed by atoms with Crippen molar-refractivity contribution in [2.24, 2.45) is 0 Å². The number of benzene rings is 2. The van der Waals surface area contributed by atoms with E-state index in [1.807, 2.05) is 32.0 Å². The second kappa shape index (κ2) is 9.59. The number of nitrogens with zero attached hydrogens (tertiary/aromatic N) is 1. The van der Waals surface area contributed by atoms with Crippen LogP contribution in [0.4, 0.5) is 5.69 Å². The van der Waals surface area contributed by atoms with Crippen LogP contribution in [0.15, 0.2) is 48.5 Å². The molecule has 156 valence electrons. The SMILES string of the molecule is CCN(CC)C(=O)c1cccc(NC(=O)C(C)Oc2cccc(C(C)(C)C)c2)c1. The average Bonchev–Trinajstić information content (AvgIpc) is 2.68. The van der Waals surface area contributed by atoms with E-state index >= 15 is 0 Å². The van der Waals surface area contributed by atoms with Gasteiger partial charge in [0.05, 0.1) is 0 Å². The first-order valence-electron chi connectivity index (χ1n) is 10.1. The molecule has 2 rings (SSSR count). The first-order valence-corrected chi connectivity index (χ1v) is 10.1. The van der Waals surface area contributed by atoms with Crippen molar-refractivity contribution in [3.05, 3.63) is 59.7 Å². The molecule has 29 heavy (non-hydrogen) atoms. The number of rotatable bonds is 7. The molecule has 0 radical (unpaired) electrons. The summed E-state index contributed by atoms with van der Waals surface area (Å²) < 4.78 is 5.85. The van der Waals surface area contributed by atoms with Crippen LogP contribution in [0.3, 0.4) is 0 Å². The topological polar surface area (TPSA) is 58.6 Å². The zero-order valence-corrected chi connectivity index (χ0v) is 18.3. The van der Waals surface area contributed by atoms with Crippen LogP contribution >= 0.6 is 0 Å². The minimum atomic E-state index is -0.674. The number of ether oxygens (including phenoxy) is 1. The fourth-order valence-corrected chi connectivity index (χ4v) is 2.96. The Morgan fingerprint density at radius 3 is 2.31 bits per heavy atom. The monoisotopic (exact) mass is 396 g/mol. The Balaban J connectivity index is 2.07. The molecule has 0 saturated carbocycles. The van der Waals surface area contributed by atoms with Gasteiger partial charge in [0.25, 0.3) is 11.8 Å². The first-order chi connectivity index (χ1) is 13.7. The van der Waals surface area contributed by atoms with Gasteiger partial charge < -0.3 is 15.0 Å². The van der Waals surface area contributed by atoms with E-state index in [0.29, 0.717) is 30.1 Å². The Bertz CT molecular complexity index is 851. The average molecular weight is 397 g/mol. The van der Waals surface area contributed by atoms with Gasteiger partial charge in [0, 0.05) is 24.3 Å². The van der Waals surface area contributed by atoms with Gasteiger partial charge >= 0.3 is 0 Å². The number of amides is 2. The summed E-state index contributed by atoms with van der Waals surface area (Å²) in [5, 5.41) is 2.84. The molecular formula is C24H32N2O3. The van der Waals surface area contributed by atoms with Crippen LogP contribution in [0, 0.1) is 0 Å². The fraction of sp³-hybridized carbons (Fsp3) is 0.417. The van der Waals surface area contributed by atoms with E-state index in [1.165, 1.54) is 0 Å². The molecule has 0 aliphatic rings. The maximum Gasteiger partial charge on any atom is 0.265 e. The molecule has 5 nitrogen and oxygen atoms in total. The highest BCUT2D eigenvalue weighted by Crippen LogP contribution is 2.26. The summed E-state index contributed by atoms with van der Waals surface area (Å²) in [5.74, 6) is 0.346. The molecule has 2 amide bonds. The number of carbonyl (C=O) groups is 2. The lowest BCUT2D eigenvalue weighted by molar-refractivity contribution is -0.122. The molecular weight excluding hydrogens is 364 g/mol. The van der Waals surface area contributed by atoms with Crippen LogP contribution in [-0.4, -0.2) is 35.9 Å². The van der Waals surface area contributed by atoms with Gasteiger partial charge in [-0.25, -0.2) is 0 Å². The van der Waals surface area contributed by atoms with Crippen molar-refractivity contribution in [3.63, 3.8) is 0 Å². The Kier molecular flexibility index (Phi) is 7.43. The number of hydrogen-bond donors (Lipinski definition) is 1. The van der Waals surface area contributed by atoms with Gasteiger partial charge in [-0.2, -0.15) is 0 Å². The molecule has 0 aliphatic heterocycles. The standard InChI is InChI=1S/C24H32N2O3/c1-7-26(8-2)23(28)18-11-9-13-20(15-18)25-22(27)17(3)29-21-14-10-12-19(16-21)24(4,5)6/h9-17H,7-8H2,1-6H3,(H,25,27). The van der Waals surface area contributed by atoms with E-state index < -0.39 is 6.10 Å². The van der Waals surface area contributed by atoms with Crippen LogP contribution in [0.2, 0.25) is 0 Å².